The molecule has 2 N–H and O–H groups in total. The van der Waals surface area contributed by atoms with Crippen molar-refractivity contribution in [3.05, 3.63) is 107 Å². The summed E-state index contributed by atoms with van der Waals surface area (Å²) in [7, 11) is 0. The highest BCUT2D eigenvalue weighted by atomic mass is 19.4. The maximum absolute atomic E-state index is 13.9. The summed E-state index contributed by atoms with van der Waals surface area (Å²) >= 11 is 0. The van der Waals surface area contributed by atoms with Crippen molar-refractivity contribution < 1.29 is 23.1 Å². The maximum atomic E-state index is 13.9. The lowest BCUT2D eigenvalue weighted by Gasteiger charge is -2.20. The van der Waals surface area contributed by atoms with Crippen molar-refractivity contribution in [1.29, 1.82) is 0 Å². The van der Waals surface area contributed by atoms with Crippen molar-refractivity contribution >= 4 is 34.1 Å². The number of nitrogens with zero attached hydrogens (tertiary/aromatic N) is 1. The number of fused-ring (bicyclic) bond motifs is 1. The van der Waals surface area contributed by atoms with E-state index < -0.39 is 17.7 Å². The zero-order valence-electron chi connectivity index (χ0n) is 18.2. The number of carboxylic acid groups (broad SMARTS) is 1. The van der Waals surface area contributed by atoms with E-state index in [2.05, 4.69) is 10.2 Å². The number of H-pyrrole nitrogens is 1. The highest BCUT2D eigenvalue weighted by Crippen LogP contribution is 2.41. The second-order valence-corrected chi connectivity index (χ2v) is 7.72. The number of aliphatic carboxylic acids is 1. The summed E-state index contributed by atoms with van der Waals surface area (Å²) in [5.41, 5.74) is 3.67. The van der Waals surface area contributed by atoms with Crippen LogP contribution < -0.4 is 0 Å². The summed E-state index contributed by atoms with van der Waals surface area (Å²) in [6.07, 6.45) is 0.0442. The molecular weight excluding hydrogens is 441 g/mol. The number of halogens is 3. The molecule has 4 nitrogen and oxygen atoms in total. The number of rotatable bonds is 6. The smallest absolute Gasteiger partial charge is 0.416 e. The molecule has 0 radical (unpaired) electrons. The van der Waals surface area contributed by atoms with Gasteiger partial charge in [-0.15, -0.1) is 0 Å². The van der Waals surface area contributed by atoms with Gasteiger partial charge in [0.05, 0.1) is 17.3 Å². The van der Waals surface area contributed by atoms with E-state index in [4.69, 9.17) is 5.11 Å². The molecule has 4 aromatic rings. The first-order valence-electron chi connectivity index (χ1n) is 10.6. The van der Waals surface area contributed by atoms with Crippen molar-refractivity contribution in [3.63, 3.8) is 0 Å². The molecule has 0 bridgehead atoms. The minimum atomic E-state index is -4.50. The van der Waals surface area contributed by atoms with Gasteiger partial charge in [-0.25, -0.2) is 4.79 Å². The Kier molecular flexibility index (Phi) is 6.36. The van der Waals surface area contributed by atoms with E-state index in [-0.39, 0.29) is 5.56 Å². The monoisotopic (exact) mass is 462 g/mol. The molecule has 3 aromatic carbocycles. The first kappa shape index (κ1) is 23.0. The number of aromatic nitrogens is 2. The van der Waals surface area contributed by atoms with Crippen LogP contribution in [-0.2, 0) is 11.0 Å². The Morgan fingerprint density at radius 2 is 1.74 bits per heavy atom. The zero-order valence-corrected chi connectivity index (χ0v) is 18.2. The van der Waals surface area contributed by atoms with Gasteiger partial charge < -0.3 is 5.11 Å². The molecule has 34 heavy (non-hydrogen) atoms. The molecule has 0 amide bonds. The normalized spacial score (nSPS) is 12.8. The summed E-state index contributed by atoms with van der Waals surface area (Å²) in [5, 5.41) is 16.6. The lowest BCUT2D eigenvalue weighted by Crippen LogP contribution is -2.09. The zero-order chi connectivity index (χ0) is 24.3. The second-order valence-electron chi connectivity index (χ2n) is 7.72. The van der Waals surface area contributed by atoms with Gasteiger partial charge >= 0.3 is 12.1 Å². The number of aromatic amines is 1. The fourth-order valence-electron chi connectivity index (χ4n) is 4.04. The van der Waals surface area contributed by atoms with Gasteiger partial charge in [-0.3, -0.25) is 5.10 Å². The van der Waals surface area contributed by atoms with Crippen molar-refractivity contribution in [3.8, 4) is 0 Å². The first-order valence-corrected chi connectivity index (χ1v) is 10.6. The topological polar surface area (TPSA) is 66.0 Å². The van der Waals surface area contributed by atoms with Gasteiger partial charge in [0.2, 0.25) is 0 Å². The van der Waals surface area contributed by atoms with Crippen LogP contribution in [0.15, 0.2) is 79.0 Å². The molecule has 0 saturated heterocycles. The fraction of sp³-hybridized carbons (Fsp3) is 0.111. The van der Waals surface area contributed by atoms with Crippen LogP contribution in [0, 0.1) is 0 Å². The largest absolute Gasteiger partial charge is 0.478 e. The fourth-order valence-corrected chi connectivity index (χ4v) is 4.04. The van der Waals surface area contributed by atoms with Crippen LogP contribution in [0.5, 0.6) is 0 Å². The molecule has 0 fully saturated rings. The van der Waals surface area contributed by atoms with Gasteiger partial charge in [-0.05, 0) is 64.1 Å². The number of nitrogens with one attached hydrogen (secondary N) is 1. The number of hydrogen-bond donors (Lipinski definition) is 2. The molecule has 0 aliphatic carbocycles. The molecular formula is C27H21F3N2O2. The third-order valence-corrected chi connectivity index (χ3v) is 5.56. The van der Waals surface area contributed by atoms with E-state index >= 15 is 0 Å². The van der Waals surface area contributed by atoms with E-state index in [0.717, 1.165) is 34.2 Å². The summed E-state index contributed by atoms with van der Waals surface area (Å²) in [6, 6.07) is 18.3. The summed E-state index contributed by atoms with van der Waals surface area (Å²) in [4.78, 5) is 10.8. The number of hydrogen-bond acceptors (Lipinski definition) is 2. The highest BCUT2D eigenvalue weighted by Gasteiger charge is 2.34. The number of carbonyl (C=O) groups is 1. The van der Waals surface area contributed by atoms with Crippen LogP contribution in [0.4, 0.5) is 13.2 Å². The van der Waals surface area contributed by atoms with E-state index in [9.17, 15) is 18.0 Å². The minimum Gasteiger partial charge on any atom is -0.478 e. The van der Waals surface area contributed by atoms with Crippen LogP contribution in [0.3, 0.4) is 0 Å². The summed E-state index contributed by atoms with van der Waals surface area (Å²) in [6.45, 7) is 1.84. The van der Waals surface area contributed by atoms with Gasteiger partial charge in [0.25, 0.3) is 0 Å². The van der Waals surface area contributed by atoms with E-state index in [1.165, 1.54) is 18.2 Å². The van der Waals surface area contributed by atoms with Crippen molar-refractivity contribution in [2.24, 2.45) is 0 Å². The molecule has 172 valence electrons. The third-order valence-electron chi connectivity index (χ3n) is 5.56. The molecule has 0 aliphatic heterocycles. The number of carboxylic acids is 1. The van der Waals surface area contributed by atoms with E-state index in [1.807, 2.05) is 25.1 Å². The lowest BCUT2D eigenvalue weighted by molar-refractivity contribution is -0.137. The van der Waals surface area contributed by atoms with Crippen LogP contribution >= 0.6 is 0 Å². The highest BCUT2D eigenvalue weighted by molar-refractivity contribution is 6.01. The van der Waals surface area contributed by atoms with E-state index in [0.29, 0.717) is 23.1 Å². The first-order chi connectivity index (χ1) is 16.3. The number of benzene rings is 3. The molecule has 4 rings (SSSR count). The molecule has 0 atom stereocenters. The minimum absolute atomic E-state index is 0.134. The van der Waals surface area contributed by atoms with Crippen LogP contribution in [-0.4, -0.2) is 21.3 Å². The Balaban J connectivity index is 1.97. The van der Waals surface area contributed by atoms with Crippen molar-refractivity contribution in [2.75, 3.05) is 0 Å². The van der Waals surface area contributed by atoms with Crippen LogP contribution in [0.2, 0.25) is 0 Å². The average Bonchev–Trinajstić information content (AvgIpc) is 3.29. The van der Waals surface area contributed by atoms with E-state index in [1.54, 1.807) is 36.5 Å². The Hall–Kier alpha value is -4.13. The summed E-state index contributed by atoms with van der Waals surface area (Å²) < 4.78 is 41.7. The molecule has 0 aliphatic rings. The van der Waals surface area contributed by atoms with Gasteiger partial charge in [0.1, 0.15) is 0 Å². The third kappa shape index (κ3) is 4.78. The Labute approximate surface area is 194 Å². The average molecular weight is 462 g/mol. The Morgan fingerprint density at radius 3 is 2.41 bits per heavy atom. The van der Waals surface area contributed by atoms with Crippen molar-refractivity contribution in [1.82, 2.24) is 10.2 Å². The standard InChI is InChI=1S/C27H21F3N2O2/c1-2-21(22-5-3-4-6-23(22)27(28,29)30)26(19-12-13-24-20(15-19)16-31-32-24)18-10-7-17(8-11-18)9-14-25(33)34/h3-16H,2H2,1H3,(H,31,32)(H,33,34)/b14-9+,26-21+. The molecule has 1 heterocycles. The molecule has 0 unspecified atom stereocenters. The van der Waals surface area contributed by atoms with Crippen molar-refractivity contribution in [2.45, 2.75) is 19.5 Å². The summed E-state index contributed by atoms with van der Waals surface area (Å²) in [5.74, 6) is -1.06. The number of allylic oxidation sites excluding steroid dienone is 1. The molecule has 1 aromatic heterocycles. The van der Waals surface area contributed by atoms with Gasteiger partial charge in [0.15, 0.2) is 0 Å². The molecule has 7 heteroatoms. The van der Waals surface area contributed by atoms with Gasteiger partial charge in [0, 0.05) is 11.5 Å². The SMILES string of the molecule is CC/C(=C(/c1ccc(/C=C/C(=O)O)cc1)c1ccc2[nH]ncc2c1)c1ccccc1C(F)(F)F. The maximum Gasteiger partial charge on any atom is 0.416 e. The molecule has 0 saturated carbocycles. The quantitative estimate of drug-likeness (QED) is 0.238. The van der Waals surface area contributed by atoms with Gasteiger partial charge in [-0.1, -0.05) is 55.5 Å². The Morgan fingerprint density at radius 1 is 1.03 bits per heavy atom. The lowest BCUT2D eigenvalue weighted by atomic mass is 9.86. The Bertz CT molecular complexity index is 1400. The predicted molar refractivity (Wildman–Crippen MR) is 127 cm³/mol. The second kappa shape index (κ2) is 9.39. The van der Waals surface area contributed by atoms with Gasteiger partial charge in [-0.2, -0.15) is 18.3 Å². The molecule has 0 spiro atoms. The van der Waals surface area contributed by atoms with Crippen LogP contribution in [0.1, 0.15) is 41.2 Å². The van der Waals surface area contributed by atoms with Crippen LogP contribution in [0.25, 0.3) is 28.1 Å². The predicted octanol–water partition coefficient (Wildman–Crippen LogP) is 7.05. The number of alkyl halides is 3.